The van der Waals surface area contributed by atoms with Crippen LogP contribution in [0.15, 0.2) is 42.7 Å². The van der Waals surface area contributed by atoms with Crippen LogP contribution in [0.25, 0.3) is 0 Å². The molecule has 1 saturated heterocycles. The van der Waals surface area contributed by atoms with Crippen molar-refractivity contribution in [2.45, 2.75) is 31.7 Å². The first kappa shape index (κ1) is 16.1. The van der Waals surface area contributed by atoms with Crippen molar-refractivity contribution in [3.63, 3.8) is 0 Å². The number of aromatic nitrogens is 2. The standard InChI is InChI=1S/C18H19N3O3/c22-17(15-11-20-16(12-19-15)18(23)24)21-9-5-4-8-14(21)10-13-6-2-1-3-7-13/h1-3,6-7,11-12,14H,4-5,8-10H2,(H,23,24). The van der Waals surface area contributed by atoms with E-state index in [1.54, 1.807) is 0 Å². The number of aromatic carboxylic acids is 1. The quantitative estimate of drug-likeness (QED) is 0.933. The molecule has 6 nitrogen and oxygen atoms in total. The van der Waals surface area contributed by atoms with E-state index in [1.165, 1.54) is 11.8 Å². The van der Waals surface area contributed by atoms with Crippen LogP contribution in [-0.2, 0) is 6.42 Å². The number of hydrogen-bond acceptors (Lipinski definition) is 4. The Labute approximate surface area is 140 Å². The topological polar surface area (TPSA) is 83.4 Å². The summed E-state index contributed by atoms with van der Waals surface area (Å²) in [5.41, 5.74) is 1.24. The van der Waals surface area contributed by atoms with Gasteiger partial charge in [0.05, 0.1) is 12.4 Å². The monoisotopic (exact) mass is 325 g/mol. The van der Waals surface area contributed by atoms with E-state index in [0.29, 0.717) is 6.54 Å². The lowest BCUT2D eigenvalue weighted by Crippen LogP contribution is -2.45. The fourth-order valence-corrected chi connectivity index (χ4v) is 3.06. The largest absolute Gasteiger partial charge is 0.476 e. The molecule has 2 heterocycles. The lowest BCUT2D eigenvalue weighted by Gasteiger charge is -2.35. The van der Waals surface area contributed by atoms with Crippen LogP contribution >= 0.6 is 0 Å². The van der Waals surface area contributed by atoms with Crippen LogP contribution in [0.3, 0.4) is 0 Å². The second kappa shape index (κ2) is 7.21. The van der Waals surface area contributed by atoms with Crippen LogP contribution < -0.4 is 0 Å². The molecule has 1 aliphatic rings. The summed E-state index contributed by atoms with van der Waals surface area (Å²) in [4.78, 5) is 33.2. The van der Waals surface area contributed by atoms with Crippen LogP contribution in [0.2, 0.25) is 0 Å². The minimum atomic E-state index is -1.15. The molecule has 124 valence electrons. The average Bonchev–Trinajstić information content (AvgIpc) is 2.62. The molecular formula is C18H19N3O3. The Morgan fingerprint density at radius 1 is 1.08 bits per heavy atom. The molecule has 0 saturated carbocycles. The molecule has 1 N–H and O–H groups in total. The van der Waals surface area contributed by atoms with E-state index >= 15 is 0 Å². The van der Waals surface area contributed by atoms with Crippen LogP contribution in [-0.4, -0.2) is 44.4 Å². The lowest BCUT2D eigenvalue weighted by atomic mass is 9.95. The molecule has 1 aromatic carbocycles. The van der Waals surface area contributed by atoms with E-state index in [2.05, 4.69) is 22.1 Å². The third-order valence-corrected chi connectivity index (χ3v) is 4.29. The van der Waals surface area contributed by atoms with Crippen molar-refractivity contribution in [3.05, 3.63) is 59.7 Å². The van der Waals surface area contributed by atoms with Crippen molar-refractivity contribution in [3.8, 4) is 0 Å². The van der Waals surface area contributed by atoms with E-state index in [1.807, 2.05) is 23.1 Å². The minimum absolute atomic E-state index is 0.134. The van der Waals surface area contributed by atoms with Crippen molar-refractivity contribution in [2.24, 2.45) is 0 Å². The highest BCUT2D eigenvalue weighted by atomic mass is 16.4. The highest BCUT2D eigenvalue weighted by molar-refractivity contribution is 5.93. The Hall–Kier alpha value is -2.76. The summed E-state index contributed by atoms with van der Waals surface area (Å²) in [6.45, 7) is 0.693. The molecular weight excluding hydrogens is 306 g/mol. The summed E-state index contributed by atoms with van der Waals surface area (Å²) in [6, 6.07) is 10.3. The van der Waals surface area contributed by atoms with Gasteiger partial charge in [0.1, 0.15) is 5.69 Å². The molecule has 1 fully saturated rings. The second-order valence-corrected chi connectivity index (χ2v) is 5.93. The van der Waals surface area contributed by atoms with Gasteiger partial charge in [0.25, 0.3) is 5.91 Å². The van der Waals surface area contributed by atoms with Gasteiger partial charge in [-0.1, -0.05) is 30.3 Å². The van der Waals surface area contributed by atoms with E-state index in [0.717, 1.165) is 31.9 Å². The zero-order valence-corrected chi connectivity index (χ0v) is 13.3. The van der Waals surface area contributed by atoms with Gasteiger partial charge in [0.15, 0.2) is 5.69 Å². The summed E-state index contributed by atoms with van der Waals surface area (Å²) in [7, 11) is 0. The average molecular weight is 325 g/mol. The molecule has 1 aromatic heterocycles. The molecule has 6 heteroatoms. The zero-order chi connectivity index (χ0) is 16.9. The number of piperidine rings is 1. The predicted octanol–water partition coefficient (Wildman–Crippen LogP) is 2.41. The van der Waals surface area contributed by atoms with Crippen molar-refractivity contribution in [1.29, 1.82) is 0 Å². The van der Waals surface area contributed by atoms with Crippen LogP contribution in [0.5, 0.6) is 0 Å². The number of hydrogen-bond donors (Lipinski definition) is 1. The summed E-state index contributed by atoms with van der Waals surface area (Å²) >= 11 is 0. The third kappa shape index (κ3) is 3.59. The number of carboxylic acids is 1. The Morgan fingerprint density at radius 3 is 2.46 bits per heavy atom. The van der Waals surface area contributed by atoms with E-state index in [9.17, 15) is 9.59 Å². The summed E-state index contributed by atoms with van der Waals surface area (Å²) in [5.74, 6) is -1.33. The molecule has 1 aliphatic heterocycles. The van der Waals surface area contributed by atoms with Crippen LogP contribution in [0.4, 0.5) is 0 Å². The molecule has 2 aromatic rings. The van der Waals surface area contributed by atoms with Gasteiger partial charge in [-0.15, -0.1) is 0 Å². The third-order valence-electron chi connectivity index (χ3n) is 4.29. The summed E-state index contributed by atoms with van der Waals surface area (Å²) in [5, 5.41) is 8.87. The minimum Gasteiger partial charge on any atom is -0.476 e. The maximum absolute atomic E-state index is 12.8. The second-order valence-electron chi connectivity index (χ2n) is 5.93. The molecule has 0 aliphatic carbocycles. The van der Waals surface area contributed by atoms with E-state index < -0.39 is 5.97 Å². The van der Waals surface area contributed by atoms with Gasteiger partial charge in [0, 0.05) is 12.6 Å². The first-order chi connectivity index (χ1) is 11.6. The fourth-order valence-electron chi connectivity index (χ4n) is 3.06. The number of benzene rings is 1. The number of amides is 1. The maximum atomic E-state index is 12.8. The molecule has 1 atom stereocenters. The Morgan fingerprint density at radius 2 is 1.79 bits per heavy atom. The summed E-state index contributed by atoms with van der Waals surface area (Å²) in [6.07, 6.45) is 6.22. The number of carbonyl (C=O) groups is 2. The predicted molar refractivity (Wildman–Crippen MR) is 87.8 cm³/mol. The molecule has 0 radical (unpaired) electrons. The van der Waals surface area contributed by atoms with Gasteiger partial charge in [-0.3, -0.25) is 4.79 Å². The van der Waals surface area contributed by atoms with Gasteiger partial charge in [-0.2, -0.15) is 0 Å². The van der Waals surface area contributed by atoms with Gasteiger partial charge in [-0.25, -0.2) is 14.8 Å². The van der Waals surface area contributed by atoms with Crippen LogP contribution in [0, 0.1) is 0 Å². The Kier molecular flexibility index (Phi) is 4.84. The van der Waals surface area contributed by atoms with Gasteiger partial charge in [-0.05, 0) is 31.2 Å². The summed E-state index contributed by atoms with van der Waals surface area (Å²) < 4.78 is 0. The van der Waals surface area contributed by atoms with Crippen molar-refractivity contribution in [1.82, 2.24) is 14.9 Å². The number of likely N-dealkylation sites (tertiary alicyclic amines) is 1. The fraction of sp³-hybridized carbons (Fsp3) is 0.333. The van der Waals surface area contributed by atoms with Gasteiger partial charge in [0.2, 0.25) is 0 Å². The number of nitrogens with zero attached hydrogens (tertiary/aromatic N) is 3. The SMILES string of the molecule is O=C(O)c1cnc(C(=O)N2CCCCC2Cc2ccccc2)cn1. The number of carbonyl (C=O) groups excluding carboxylic acids is 1. The molecule has 1 unspecified atom stereocenters. The van der Waals surface area contributed by atoms with Gasteiger partial charge >= 0.3 is 5.97 Å². The molecule has 24 heavy (non-hydrogen) atoms. The van der Waals surface area contributed by atoms with Crippen molar-refractivity contribution >= 4 is 11.9 Å². The first-order valence-electron chi connectivity index (χ1n) is 8.05. The molecule has 3 rings (SSSR count). The normalized spacial score (nSPS) is 17.5. The number of rotatable bonds is 4. The number of carboxylic acid groups (broad SMARTS) is 1. The molecule has 1 amide bonds. The zero-order valence-electron chi connectivity index (χ0n) is 13.3. The lowest BCUT2D eigenvalue weighted by molar-refractivity contribution is 0.0603. The maximum Gasteiger partial charge on any atom is 0.356 e. The molecule has 0 spiro atoms. The van der Waals surface area contributed by atoms with Crippen LogP contribution in [0.1, 0.15) is 45.8 Å². The Bertz CT molecular complexity index is 716. The van der Waals surface area contributed by atoms with Gasteiger partial charge < -0.3 is 10.0 Å². The van der Waals surface area contributed by atoms with E-state index in [-0.39, 0.29) is 23.3 Å². The van der Waals surface area contributed by atoms with Crippen molar-refractivity contribution in [2.75, 3.05) is 6.54 Å². The van der Waals surface area contributed by atoms with E-state index in [4.69, 9.17) is 5.11 Å². The smallest absolute Gasteiger partial charge is 0.356 e. The highest BCUT2D eigenvalue weighted by Crippen LogP contribution is 2.22. The Balaban J connectivity index is 1.76. The van der Waals surface area contributed by atoms with Crippen molar-refractivity contribution < 1.29 is 14.7 Å². The molecule has 0 bridgehead atoms. The highest BCUT2D eigenvalue weighted by Gasteiger charge is 2.28. The first-order valence-corrected chi connectivity index (χ1v) is 8.05.